The van der Waals surface area contributed by atoms with Crippen molar-refractivity contribution in [2.75, 3.05) is 41.8 Å². The third-order valence-corrected chi connectivity index (χ3v) is 10.3. The van der Waals surface area contributed by atoms with E-state index in [-0.39, 0.29) is 53.9 Å². The number of methoxy groups -OCH3 is 4. The highest BCUT2D eigenvalue weighted by Gasteiger charge is 2.53. The number of para-hydroxylation sites is 1. The summed E-state index contributed by atoms with van der Waals surface area (Å²) in [5.74, 6) is -1.12. The van der Waals surface area contributed by atoms with Crippen LogP contribution in [0.4, 0.5) is 5.69 Å². The van der Waals surface area contributed by atoms with E-state index in [9.17, 15) is 29.9 Å². The third kappa shape index (κ3) is 6.50. The van der Waals surface area contributed by atoms with Gasteiger partial charge in [-0.25, -0.2) is 0 Å². The van der Waals surface area contributed by atoms with E-state index in [1.54, 1.807) is 42.5 Å². The van der Waals surface area contributed by atoms with Crippen LogP contribution in [0.5, 0.6) is 34.5 Å². The minimum atomic E-state index is -0.839. The molecule has 1 saturated heterocycles. The summed E-state index contributed by atoms with van der Waals surface area (Å²) < 4.78 is 39.5. The number of amides is 1. The molecular formula is C40H38N2O13. The van der Waals surface area contributed by atoms with Crippen LogP contribution in [0.25, 0.3) is 11.6 Å². The minimum Gasteiger partial charge on any atom is -0.493 e. The standard InChI is InChI=1S/C40H38N2O13/c1-49-32-12-21(9-23(16-43)37(32)51-3)25(11-20-7-5-6-8-29(20)42(47)48)39(45)41-36-27-15-31-30(54-19-55-31)14-26(27)34(35-28(36)18-53-40(35)46)22-10-24(17-44)38(52-4)33(13-22)50-2/h5-15,28,34-36,43-44H,16-19H2,1-4H3,(H,41,45)/b25-11+/t28-,34+,35-,36+/m0/s1. The molecule has 0 bridgehead atoms. The first-order valence-corrected chi connectivity index (χ1v) is 17.2. The van der Waals surface area contributed by atoms with Gasteiger partial charge in [0.2, 0.25) is 6.79 Å². The van der Waals surface area contributed by atoms with Crippen LogP contribution in [-0.4, -0.2) is 68.9 Å². The number of carbonyl (C=O) groups is 2. The SMILES string of the molecule is COc1cc(/C(=C\c2ccccc2[N+](=O)[O-])C(=O)N[C@@H]2c3cc4c(cc3[C@@H](c3cc(CO)c(OC)c(OC)c3)[C@H]3C(=O)OC[C@@H]32)OCO4)cc(CO)c1OC. The summed E-state index contributed by atoms with van der Waals surface area (Å²) >= 11 is 0. The minimum absolute atomic E-state index is 0.00337. The number of cyclic esters (lactones) is 1. The quantitative estimate of drug-likeness (QED) is 0.0594. The lowest BCUT2D eigenvalue weighted by atomic mass is 9.65. The normalized spacial score (nSPS) is 19.5. The number of nitrogens with one attached hydrogen (secondary N) is 1. The average Bonchev–Trinajstić information content (AvgIpc) is 3.83. The Balaban J connectivity index is 1.40. The molecule has 2 heterocycles. The predicted octanol–water partition coefficient (Wildman–Crippen LogP) is 4.68. The molecule has 0 saturated carbocycles. The molecule has 1 amide bonds. The second-order valence-corrected chi connectivity index (χ2v) is 13.1. The van der Waals surface area contributed by atoms with Gasteiger partial charge in [0.15, 0.2) is 34.5 Å². The molecule has 0 spiro atoms. The maximum Gasteiger partial charge on any atom is 0.310 e. The van der Waals surface area contributed by atoms with Crippen LogP contribution >= 0.6 is 0 Å². The second-order valence-electron chi connectivity index (χ2n) is 13.1. The highest BCUT2D eigenvalue weighted by molar-refractivity contribution is 6.24. The van der Waals surface area contributed by atoms with Gasteiger partial charge in [-0.3, -0.25) is 19.7 Å². The van der Waals surface area contributed by atoms with Crippen LogP contribution < -0.4 is 33.7 Å². The maximum absolute atomic E-state index is 14.8. The Kier molecular flexibility index (Phi) is 10.2. The number of nitrogens with zero attached hydrogens (tertiary/aromatic N) is 1. The van der Waals surface area contributed by atoms with Crippen LogP contribution in [0.3, 0.4) is 0 Å². The molecule has 3 N–H and O–H groups in total. The number of carbonyl (C=O) groups excluding carboxylic acids is 2. The first-order valence-electron chi connectivity index (χ1n) is 17.2. The topological polar surface area (TPSA) is 194 Å². The van der Waals surface area contributed by atoms with Crippen LogP contribution in [0.2, 0.25) is 0 Å². The lowest BCUT2D eigenvalue weighted by molar-refractivity contribution is -0.385. The molecule has 0 unspecified atom stereocenters. The fourth-order valence-electron chi connectivity index (χ4n) is 7.86. The summed E-state index contributed by atoms with van der Waals surface area (Å²) in [7, 11) is 5.77. The molecule has 4 aromatic rings. The van der Waals surface area contributed by atoms with Crippen molar-refractivity contribution < 1.29 is 57.9 Å². The zero-order valence-corrected chi connectivity index (χ0v) is 30.3. The molecule has 15 nitrogen and oxygen atoms in total. The molecule has 3 aliphatic rings. The van der Waals surface area contributed by atoms with Crippen molar-refractivity contribution >= 4 is 29.2 Å². The number of benzene rings is 4. The van der Waals surface area contributed by atoms with Crippen LogP contribution in [0.15, 0.2) is 60.7 Å². The lowest BCUT2D eigenvalue weighted by Gasteiger charge is -2.39. The molecule has 2 aliphatic heterocycles. The number of rotatable bonds is 12. The van der Waals surface area contributed by atoms with Gasteiger partial charge in [0, 0.05) is 34.6 Å². The molecular weight excluding hydrogens is 716 g/mol. The molecule has 7 rings (SSSR count). The Bertz CT molecular complexity index is 2170. The zero-order chi connectivity index (χ0) is 39.0. The molecule has 1 aliphatic carbocycles. The van der Waals surface area contributed by atoms with Gasteiger partial charge in [-0.1, -0.05) is 12.1 Å². The number of nitro groups is 1. The molecule has 286 valence electrons. The number of hydrogen-bond donors (Lipinski definition) is 3. The number of ether oxygens (including phenoxy) is 7. The van der Waals surface area contributed by atoms with E-state index in [0.29, 0.717) is 50.8 Å². The molecule has 15 heteroatoms. The van der Waals surface area contributed by atoms with Gasteiger partial charge in [0.05, 0.1) is 70.7 Å². The van der Waals surface area contributed by atoms with E-state index in [2.05, 4.69) is 5.32 Å². The van der Waals surface area contributed by atoms with E-state index in [1.807, 2.05) is 0 Å². The van der Waals surface area contributed by atoms with Crippen molar-refractivity contribution in [2.45, 2.75) is 25.2 Å². The number of aliphatic hydroxyl groups is 2. The summed E-state index contributed by atoms with van der Waals surface area (Å²) in [5, 5.41) is 35.8. The van der Waals surface area contributed by atoms with Gasteiger partial charge in [-0.05, 0) is 70.8 Å². The van der Waals surface area contributed by atoms with E-state index < -0.39 is 47.2 Å². The Morgan fingerprint density at radius 1 is 0.873 bits per heavy atom. The number of esters is 1. The Labute approximate surface area is 315 Å². The summed E-state index contributed by atoms with van der Waals surface area (Å²) in [6.07, 6.45) is 1.40. The highest BCUT2D eigenvalue weighted by atomic mass is 16.7. The first-order chi connectivity index (χ1) is 26.6. The number of aliphatic hydroxyl groups excluding tert-OH is 2. The van der Waals surface area contributed by atoms with E-state index >= 15 is 0 Å². The number of hydrogen-bond acceptors (Lipinski definition) is 13. The fourth-order valence-corrected chi connectivity index (χ4v) is 7.86. The van der Waals surface area contributed by atoms with Gasteiger partial charge in [-0.15, -0.1) is 0 Å². The number of nitro benzene ring substituents is 1. The van der Waals surface area contributed by atoms with Gasteiger partial charge in [-0.2, -0.15) is 0 Å². The summed E-state index contributed by atoms with van der Waals surface area (Å²) in [4.78, 5) is 40.1. The Morgan fingerprint density at radius 2 is 1.51 bits per heavy atom. The Hall–Kier alpha value is -6.32. The molecule has 0 radical (unpaired) electrons. The van der Waals surface area contributed by atoms with Crippen molar-refractivity contribution in [3.8, 4) is 34.5 Å². The van der Waals surface area contributed by atoms with Crippen molar-refractivity contribution in [1.29, 1.82) is 0 Å². The monoisotopic (exact) mass is 754 g/mol. The first kappa shape index (κ1) is 37.0. The smallest absolute Gasteiger partial charge is 0.310 e. The van der Waals surface area contributed by atoms with Gasteiger partial charge in [0.1, 0.15) is 0 Å². The summed E-state index contributed by atoms with van der Waals surface area (Å²) in [5.41, 5.74) is 2.84. The van der Waals surface area contributed by atoms with Gasteiger partial charge in [0.25, 0.3) is 11.6 Å². The van der Waals surface area contributed by atoms with Crippen molar-refractivity contribution in [3.63, 3.8) is 0 Å². The summed E-state index contributed by atoms with van der Waals surface area (Å²) in [6, 6.07) is 15.3. The van der Waals surface area contributed by atoms with Crippen molar-refractivity contribution in [2.24, 2.45) is 11.8 Å². The lowest BCUT2D eigenvalue weighted by Crippen LogP contribution is -2.43. The largest absolute Gasteiger partial charge is 0.493 e. The zero-order valence-electron chi connectivity index (χ0n) is 30.3. The molecule has 4 aromatic carbocycles. The molecule has 1 fully saturated rings. The van der Waals surface area contributed by atoms with E-state index in [4.69, 9.17) is 33.2 Å². The van der Waals surface area contributed by atoms with Crippen LogP contribution in [0.1, 0.15) is 50.9 Å². The fraction of sp³-hybridized carbons (Fsp3) is 0.300. The van der Waals surface area contributed by atoms with Gasteiger partial charge >= 0.3 is 5.97 Å². The third-order valence-electron chi connectivity index (χ3n) is 10.3. The second kappa shape index (κ2) is 15.2. The average molecular weight is 755 g/mol. The van der Waals surface area contributed by atoms with Gasteiger partial charge < -0.3 is 48.7 Å². The van der Waals surface area contributed by atoms with Crippen molar-refractivity contribution in [1.82, 2.24) is 5.32 Å². The summed E-state index contributed by atoms with van der Waals surface area (Å²) in [6.45, 7) is -0.897. The molecule has 55 heavy (non-hydrogen) atoms. The highest BCUT2D eigenvalue weighted by Crippen LogP contribution is 2.55. The number of fused-ring (bicyclic) bond motifs is 3. The van der Waals surface area contributed by atoms with E-state index in [0.717, 1.165) is 0 Å². The Morgan fingerprint density at radius 3 is 2.15 bits per heavy atom. The van der Waals surface area contributed by atoms with Crippen LogP contribution in [0, 0.1) is 22.0 Å². The van der Waals surface area contributed by atoms with E-state index in [1.165, 1.54) is 52.7 Å². The maximum atomic E-state index is 14.8. The van der Waals surface area contributed by atoms with Crippen molar-refractivity contribution in [3.05, 3.63) is 110 Å². The molecule has 4 atom stereocenters. The van der Waals surface area contributed by atoms with Crippen LogP contribution in [-0.2, 0) is 27.5 Å². The predicted molar refractivity (Wildman–Crippen MR) is 195 cm³/mol. The molecule has 0 aromatic heterocycles.